The Morgan fingerprint density at radius 1 is 1.06 bits per heavy atom. The van der Waals surface area contributed by atoms with Crippen LogP contribution in [-0.4, -0.2) is 62.0 Å². The van der Waals surface area contributed by atoms with Crippen molar-refractivity contribution in [1.29, 1.82) is 0 Å². The molecule has 1 aliphatic carbocycles. The molecule has 1 atom stereocenters. The van der Waals surface area contributed by atoms with E-state index in [-0.39, 0.29) is 23.6 Å². The molecule has 1 aliphatic heterocycles. The van der Waals surface area contributed by atoms with Crippen LogP contribution in [0.2, 0.25) is 0 Å². The molecule has 3 aromatic rings. The number of amides is 2. The van der Waals surface area contributed by atoms with E-state index in [1.165, 1.54) is 12.1 Å². The van der Waals surface area contributed by atoms with E-state index in [1.807, 2.05) is 0 Å². The Morgan fingerprint density at radius 3 is 2.41 bits per heavy atom. The van der Waals surface area contributed by atoms with Crippen LogP contribution < -0.4 is 10.1 Å². The minimum atomic E-state index is -0.684. The number of rotatable bonds is 6. The Balaban J connectivity index is 1.22. The Morgan fingerprint density at radius 2 is 1.76 bits per heavy atom. The van der Waals surface area contributed by atoms with Crippen LogP contribution in [0.3, 0.4) is 0 Å². The summed E-state index contributed by atoms with van der Waals surface area (Å²) in [5, 5.41) is 13.0. The van der Waals surface area contributed by atoms with Gasteiger partial charge in [0.2, 0.25) is 17.7 Å². The van der Waals surface area contributed by atoms with Crippen molar-refractivity contribution < 1.29 is 23.8 Å². The first-order valence-electron chi connectivity index (χ1n) is 11.3. The monoisotopic (exact) mass is 465 g/mol. The molecule has 2 aliphatic rings. The van der Waals surface area contributed by atoms with Gasteiger partial charge in [-0.25, -0.2) is 19.3 Å². The molecule has 0 unspecified atom stereocenters. The number of ether oxygens (including phenoxy) is 1. The van der Waals surface area contributed by atoms with Crippen LogP contribution >= 0.6 is 0 Å². The van der Waals surface area contributed by atoms with Crippen molar-refractivity contribution in [1.82, 2.24) is 25.2 Å². The number of pyridine rings is 1. The predicted molar refractivity (Wildman–Crippen MR) is 120 cm³/mol. The van der Waals surface area contributed by atoms with Crippen LogP contribution in [0.1, 0.15) is 36.2 Å². The molecule has 1 saturated heterocycles. The van der Waals surface area contributed by atoms with E-state index in [2.05, 4.69) is 20.3 Å². The lowest BCUT2D eigenvalue weighted by atomic mass is 10.0. The molecule has 5 rings (SSSR count). The van der Waals surface area contributed by atoms with E-state index in [0.29, 0.717) is 42.8 Å². The van der Waals surface area contributed by atoms with Crippen LogP contribution in [0.5, 0.6) is 11.8 Å². The van der Waals surface area contributed by atoms with Crippen molar-refractivity contribution >= 4 is 22.8 Å². The first-order chi connectivity index (χ1) is 16.5. The summed E-state index contributed by atoms with van der Waals surface area (Å²) < 4.78 is 18.8. The van der Waals surface area contributed by atoms with E-state index in [4.69, 9.17) is 4.74 Å². The molecule has 2 amide bonds. The molecule has 10 heteroatoms. The number of hydrogen-bond acceptors (Lipinski definition) is 7. The number of piperidine rings is 1. The third-order valence-electron chi connectivity index (χ3n) is 6.15. The van der Waals surface area contributed by atoms with Crippen molar-refractivity contribution in [2.24, 2.45) is 5.92 Å². The molecule has 2 N–H and O–H groups in total. The van der Waals surface area contributed by atoms with Crippen molar-refractivity contribution in [2.45, 2.75) is 37.8 Å². The molecule has 176 valence electrons. The van der Waals surface area contributed by atoms with Crippen LogP contribution in [0, 0.1) is 11.7 Å². The topological polar surface area (TPSA) is 118 Å². The smallest absolute Gasteiger partial charge is 0.276 e. The molecule has 1 aromatic carbocycles. The highest BCUT2D eigenvalue weighted by atomic mass is 19.1. The highest BCUT2D eigenvalue weighted by Crippen LogP contribution is 2.34. The Hall–Kier alpha value is -3.82. The highest BCUT2D eigenvalue weighted by molar-refractivity contribution is 5.99. The van der Waals surface area contributed by atoms with Gasteiger partial charge in [-0.3, -0.25) is 9.59 Å². The van der Waals surface area contributed by atoms with Gasteiger partial charge < -0.3 is 20.1 Å². The van der Waals surface area contributed by atoms with Gasteiger partial charge in [-0.1, -0.05) is 12.1 Å². The molecule has 2 fully saturated rings. The number of hydrogen-bond donors (Lipinski definition) is 2. The minimum Gasteiger partial charge on any atom is -0.492 e. The summed E-state index contributed by atoms with van der Waals surface area (Å²) >= 11 is 0. The second-order valence-corrected chi connectivity index (χ2v) is 8.63. The zero-order valence-corrected chi connectivity index (χ0v) is 18.4. The van der Waals surface area contributed by atoms with E-state index in [0.717, 1.165) is 19.0 Å². The maximum atomic E-state index is 13.3. The van der Waals surface area contributed by atoms with Gasteiger partial charge in [-0.2, -0.15) is 0 Å². The van der Waals surface area contributed by atoms with E-state index in [9.17, 15) is 19.1 Å². The van der Waals surface area contributed by atoms with Crippen molar-refractivity contribution in [3.63, 3.8) is 0 Å². The quantitative estimate of drug-likeness (QED) is 0.574. The number of para-hydroxylation sites is 2. The molecular weight excluding hydrogens is 441 g/mol. The number of aromatic hydroxyl groups is 1. The molecular formula is C24H24FN5O4. The van der Waals surface area contributed by atoms with E-state index in [1.54, 1.807) is 29.2 Å². The number of carbonyl (C=O) groups is 2. The lowest BCUT2D eigenvalue weighted by molar-refractivity contribution is -0.135. The number of aromatic nitrogens is 3. The number of nitrogens with zero attached hydrogens (tertiary/aromatic N) is 4. The minimum absolute atomic E-state index is 0.0596. The van der Waals surface area contributed by atoms with Gasteiger partial charge in [0.1, 0.15) is 18.0 Å². The number of likely N-dealkylation sites (tertiary alicyclic amines) is 1. The summed E-state index contributed by atoms with van der Waals surface area (Å²) in [5.74, 6) is -1.26. The lowest BCUT2D eigenvalue weighted by Crippen LogP contribution is -2.52. The van der Waals surface area contributed by atoms with Gasteiger partial charge in [-0.15, -0.1) is 0 Å². The van der Waals surface area contributed by atoms with Crippen LogP contribution in [0.4, 0.5) is 4.39 Å². The summed E-state index contributed by atoms with van der Waals surface area (Å²) in [5.41, 5.74) is 0.765. The number of carbonyl (C=O) groups excluding carboxylic acids is 2. The molecule has 2 aromatic heterocycles. The second-order valence-electron chi connectivity index (χ2n) is 8.63. The first-order valence-corrected chi connectivity index (χ1v) is 11.3. The fraction of sp³-hybridized carbons (Fsp3) is 0.375. The summed E-state index contributed by atoms with van der Waals surface area (Å²) in [6, 6.07) is 9.03. The zero-order chi connectivity index (χ0) is 23.7. The Bertz CT molecular complexity index is 1210. The lowest BCUT2D eigenvalue weighted by Gasteiger charge is -2.34. The zero-order valence-electron chi connectivity index (χ0n) is 18.4. The Kier molecular flexibility index (Phi) is 5.95. The van der Waals surface area contributed by atoms with Gasteiger partial charge in [0.05, 0.1) is 17.2 Å². The van der Waals surface area contributed by atoms with Crippen molar-refractivity contribution in [2.75, 3.05) is 13.1 Å². The van der Waals surface area contributed by atoms with E-state index >= 15 is 0 Å². The van der Waals surface area contributed by atoms with Crippen LogP contribution in [0.15, 0.2) is 42.6 Å². The maximum absolute atomic E-state index is 13.3. The first kappa shape index (κ1) is 22.0. The maximum Gasteiger partial charge on any atom is 0.276 e. The molecule has 0 radical (unpaired) electrons. The van der Waals surface area contributed by atoms with Gasteiger partial charge in [-0.05, 0) is 37.0 Å². The van der Waals surface area contributed by atoms with Gasteiger partial charge in [0, 0.05) is 32.0 Å². The summed E-state index contributed by atoms with van der Waals surface area (Å²) in [4.78, 5) is 40.1. The number of fused-ring (bicyclic) bond motifs is 1. The highest BCUT2D eigenvalue weighted by Gasteiger charge is 2.41. The second kappa shape index (κ2) is 9.20. The van der Waals surface area contributed by atoms with Crippen molar-refractivity contribution in [3.05, 3.63) is 54.1 Å². The standard InChI is InChI=1S/C24H24FN5O4/c25-15-7-8-19(26-13-15)34-16-9-11-30(12-10-16)24(33)20(14-5-6-14)29-23(32)21-22(31)28-18-4-2-1-3-17(18)27-21/h1-4,7-8,13-14,16,20H,5-6,9-12H2,(H,28,31)(H,29,32)/t20-/m0/s1. The fourth-order valence-corrected chi connectivity index (χ4v) is 4.16. The molecule has 34 heavy (non-hydrogen) atoms. The Labute approximate surface area is 195 Å². The number of halogens is 1. The normalized spacial score (nSPS) is 17.4. The summed E-state index contributed by atoms with van der Waals surface area (Å²) in [7, 11) is 0. The molecule has 9 nitrogen and oxygen atoms in total. The third-order valence-corrected chi connectivity index (χ3v) is 6.15. The number of benzene rings is 1. The SMILES string of the molecule is O=C(N[C@H](C(=O)N1CCC(Oc2ccc(F)cn2)CC1)C1CC1)c1nc2ccccc2nc1O. The predicted octanol–water partition coefficient (Wildman–Crippen LogP) is 2.45. The van der Waals surface area contributed by atoms with Crippen LogP contribution in [-0.2, 0) is 4.79 Å². The summed E-state index contributed by atoms with van der Waals surface area (Å²) in [6.45, 7) is 0.954. The number of nitrogens with one attached hydrogen (secondary N) is 1. The fourth-order valence-electron chi connectivity index (χ4n) is 4.16. The molecule has 0 bridgehead atoms. The van der Waals surface area contributed by atoms with Gasteiger partial charge in [0.15, 0.2) is 5.69 Å². The molecule has 1 saturated carbocycles. The average molecular weight is 465 g/mol. The van der Waals surface area contributed by atoms with Crippen LogP contribution in [0.25, 0.3) is 11.0 Å². The third kappa shape index (κ3) is 4.75. The summed E-state index contributed by atoms with van der Waals surface area (Å²) in [6.07, 6.45) is 3.89. The molecule has 3 heterocycles. The largest absolute Gasteiger partial charge is 0.492 e. The van der Waals surface area contributed by atoms with E-state index < -0.39 is 23.6 Å². The average Bonchev–Trinajstić information content (AvgIpc) is 3.69. The van der Waals surface area contributed by atoms with Crippen molar-refractivity contribution in [3.8, 4) is 11.8 Å². The van der Waals surface area contributed by atoms with Gasteiger partial charge in [0.25, 0.3) is 5.91 Å². The molecule has 0 spiro atoms. The van der Waals surface area contributed by atoms with Gasteiger partial charge >= 0.3 is 0 Å².